The molecule has 3 rings (SSSR count). The van der Waals surface area contributed by atoms with E-state index >= 15 is 0 Å². The Morgan fingerprint density at radius 2 is 2.03 bits per heavy atom. The highest BCUT2D eigenvalue weighted by Crippen LogP contribution is 2.46. The van der Waals surface area contributed by atoms with Crippen LogP contribution in [-0.4, -0.2) is 62.1 Å². The molecule has 0 saturated carbocycles. The van der Waals surface area contributed by atoms with E-state index in [0.29, 0.717) is 55.6 Å². The maximum absolute atomic E-state index is 12.9. The van der Waals surface area contributed by atoms with Crippen molar-refractivity contribution in [2.24, 2.45) is 0 Å². The van der Waals surface area contributed by atoms with Crippen LogP contribution in [-0.2, 0) is 17.8 Å². The van der Waals surface area contributed by atoms with Gasteiger partial charge < -0.3 is 30.1 Å². The normalized spacial score (nSPS) is 22.2. The zero-order valence-corrected chi connectivity index (χ0v) is 19.5. The number of unbranched alkanes of at least 4 members (excludes halogenated alkanes) is 1. The van der Waals surface area contributed by atoms with Crippen LogP contribution in [0.2, 0.25) is 0 Å². The second-order valence-corrected chi connectivity index (χ2v) is 9.36. The quantitative estimate of drug-likeness (QED) is 0.294. The van der Waals surface area contributed by atoms with Crippen molar-refractivity contribution in [1.29, 1.82) is 0 Å². The third-order valence-electron chi connectivity index (χ3n) is 6.70. The third kappa shape index (κ3) is 5.68. The molecule has 0 radical (unpaired) electrons. The first-order valence-corrected chi connectivity index (χ1v) is 11.7. The van der Waals surface area contributed by atoms with Gasteiger partial charge in [-0.2, -0.15) is 0 Å². The van der Waals surface area contributed by atoms with Gasteiger partial charge in [-0.15, -0.1) is 0 Å². The SMILES string of the molecule is C/C(=C\CCC1(C)Oc2c(c(O)cc3c2CN(CCCCC(=O)O)C3=O)CC1O)CCCO. The smallest absolute Gasteiger partial charge is 0.303 e. The van der Waals surface area contributed by atoms with Crippen molar-refractivity contribution in [3.63, 3.8) is 0 Å². The summed E-state index contributed by atoms with van der Waals surface area (Å²) in [6.45, 7) is 4.82. The van der Waals surface area contributed by atoms with Crippen LogP contribution in [0.25, 0.3) is 0 Å². The number of fused-ring (bicyclic) bond motifs is 3. The minimum atomic E-state index is -0.861. The summed E-state index contributed by atoms with van der Waals surface area (Å²) < 4.78 is 6.34. The Hall–Kier alpha value is -2.58. The maximum atomic E-state index is 12.9. The average molecular weight is 462 g/mol. The molecule has 4 N–H and O–H groups in total. The van der Waals surface area contributed by atoms with Crippen LogP contribution in [0.15, 0.2) is 17.7 Å². The maximum Gasteiger partial charge on any atom is 0.303 e. The van der Waals surface area contributed by atoms with Gasteiger partial charge in [0, 0.05) is 37.1 Å². The highest BCUT2D eigenvalue weighted by molar-refractivity contribution is 6.00. The number of carbonyl (C=O) groups is 2. The first kappa shape index (κ1) is 25.1. The van der Waals surface area contributed by atoms with Crippen molar-refractivity contribution in [2.75, 3.05) is 13.2 Å². The molecule has 182 valence electrons. The van der Waals surface area contributed by atoms with Gasteiger partial charge in [-0.3, -0.25) is 9.59 Å². The highest BCUT2D eigenvalue weighted by Gasteiger charge is 2.44. The monoisotopic (exact) mass is 461 g/mol. The zero-order chi connectivity index (χ0) is 24.2. The molecular weight excluding hydrogens is 426 g/mol. The second kappa shape index (κ2) is 10.6. The molecule has 8 heteroatoms. The molecule has 1 aromatic rings. The number of carboxylic acids is 1. The number of hydrogen-bond acceptors (Lipinski definition) is 6. The van der Waals surface area contributed by atoms with Gasteiger partial charge in [-0.1, -0.05) is 11.6 Å². The largest absolute Gasteiger partial charge is 0.508 e. The lowest BCUT2D eigenvalue weighted by molar-refractivity contribution is -0.137. The summed E-state index contributed by atoms with van der Waals surface area (Å²) in [7, 11) is 0. The number of carbonyl (C=O) groups excluding carboxylic acids is 1. The average Bonchev–Trinajstić information content (AvgIpc) is 3.07. The molecule has 2 aliphatic rings. The third-order valence-corrected chi connectivity index (χ3v) is 6.70. The number of aliphatic carboxylic acids is 1. The number of hydrogen-bond donors (Lipinski definition) is 4. The van der Waals surface area contributed by atoms with Crippen LogP contribution in [0.5, 0.6) is 11.5 Å². The van der Waals surface area contributed by atoms with Crippen molar-refractivity contribution in [3.05, 3.63) is 34.4 Å². The molecule has 0 saturated heterocycles. The molecule has 0 spiro atoms. The molecule has 0 fully saturated rings. The fourth-order valence-electron chi connectivity index (χ4n) is 4.59. The summed E-state index contributed by atoms with van der Waals surface area (Å²) in [5.74, 6) is -0.613. The number of amides is 1. The summed E-state index contributed by atoms with van der Waals surface area (Å²) in [5, 5.41) is 39.2. The number of phenolic OH excluding ortho intramolecular Hbond substituents is 1. The molecule has 2 heterocycles. The van der Waals surface area contributed by atoms with E-state index in [-0.39, 0.29) is 31.1 Å². The summed E-state index contributed by atoms with van der Waals surface area (Å²) in [4.78, 5) is 25.3. The molecule has 0 aromatic heterocycles. The summed E-state index contributed by atoms with van der Waals surface area (Å²) in [6.07, 6.45) is 5.50. The number of benzene rings is 1. The van der Waals surface area contributed by atoms with Crippen molar-refractivity contribution in [1.82, 2.24) is 4.90 Å². The molecule has 1 amide bonds. The molecule has 2 unspecified atom stereocenters. The van der Waals surface area contributed by atoms with Crippen LogP contribution in [0.3, 0.4) is 0 Å². The van der Waals surface area contributed by atoms with Crippen molar-refractivity contribution < 1.29 is 34.8 Å². The fraction of sp³-hybridized carbons (Fsp3) is 0.600. The Morgan fingerprint density at radius 1 is 1.27 bits per heavy atom. The zero-order valence-electron chi connectivity index (χ0n) is 19.5. The number of phenols is 1. The predicted molar refractivity (Wildman–Crippen MR) is 122 cm³/mol. The fourth-order valence-corrected chi connectivity index (χ4v) is 4.59. The summed E-state index contributed by atoms with van der Waals surface area (Å²) in [6, 6.07) is 1.46. The van der Waals surface area contributed by atoms with E-state index in [1.54, 1.807) is 4.90 Å². The van der Waals surface area contributed by atoms with Crippen molar-refractivity contribution in [3.8, 4) is 11.5 Å². The number of aromatic hydroxyl groups is 1. The minimum absolute atomic E-state index is 0.0503. The van der Waals surface area contributed by atoms with E-state index in [1.807, 2.05) is 13.8 Å². The Kier molecular flexibility index (Phi) is 8.02. The van der Waals surface area contributed by atoms with Gasteiger partial charge in [-0.05, 0) is 58.4 Å². The molecule has 8 nitrogen and oxygen atoms in total. The van der Waals surface area contributed by atoms with Gasteiger partial charge in [0.2, 0.25) is 0 Å². The van der Waals surface area contributed by atoms with Crippen LogP contribution in [0, 0.1) is 0 Å². The van der Waals surface area contributed by atoms with Crippen LogP contribution >= 0.6 is 0 Å². The number of aliphatic hydroxyl groups is 2. The number of ether oxygens (including phenoxy) is 1. The van der Waals surface area contributed by atoms with Crippen molar-refractivity contribution >= 4 is 11.9 Å². The molecule has 2 aliphatic heterocycles. The molecule has 0 aliphatic carbocycles. The van der Waals surface area contributed by atoms with E-state index in [1.165, 1.54) is 11.6 Å². The number of rotatable bonds is 11. The van der Waals surface area contributed by atoms with Gasteiger partial charge in [0.15, 0.2) is 0 Å². The van der Waals surface area contributed by atoms with Gasteiger partial charge in [-0.25, -0.2) is 0 Å². The van der Waals surface area contributed by atoms with Gasteiger partial charge in [0.25, 0.3) is 5.91 Å². The van der Waals surface area contributed by atoms with E-state index in [9.17, 15) is 19.8 Å². The Morgan fingerprint density at radius 3 is 2.73 bits per heavy atom. The molecule has 33 heavy (non-hydrogen) atoms. The standard InChI is InChI=1S/C25H35NO7/c1-16(8-6-12-27)7-5-10-25(2)21(29)14-18-20(28)13-17-19(23(18)33-25)15-26(24(17)32)11-4-3-9-22(30)31/h7,13,21,27-29H,3-6,8-12,14-15H2,1-2H3,(H,30,31)/b16-7+. The number of carboxylic acid groups (broad SMARTS) is 1. The molecule has 1 aromatic carbocycles. The second-order valence-electron chi connectivity index (χ2n) is 9.36. The lowest BCUT2D eigenvalue weighted by Gasteiger charge is -2.40. The number of nitrogens with zero attached hydrogens (tertiary/aromatic N) is 1. The lowest BCUT2D eigenvalue weighted by Crippen LogP contribution is -2.49. The summed E-state index contributed by atoms with van der Waals surface area (Å²) in [5.41, 5.74) is 1.97. The van der Waals surface area contributed by atoms with E-state index in [0.717, 1.165) is 18.4 Å². The van der Waals surface area contributed by atoms with Gasteiger partial charge >= 0.3 is 5.97 Å². The highest BCUT2D eigenvalue weighted by atomic mass is 16.5. The Labute approximate surface area is 194 Å². The Bertz CT molecular complexity index is 926. The van der Waals surface area contributed by atoms with E-state index in [4.69, 9.17) is 14.9 Å². The molecule has 0 bridgehead atoms. The molecular formula is C25H35NO7. The minimum Gasteiger partial charge on any atom is -0.508 e. The Balaban J connectivity index is 1.75. The van der Waals surface area contributed by atoms with Crippen molar-refractivity contribution in [2.45, 2.75) is 83.5 Å². The topological polar surface area (TPSA) is 128 Å². The first-order chi connectivity index (χ1) is 15.7. The lowest BCUT2D eigenvalue weighted by atomic mass is 9.84. The summed E-state index contributed by atoms with van der Waals surface area (Å²) >= 11 is 0. The van der Waals surface area contributed by atoms with Crippen LogP contribution in [0.1, 0.15) is 80.3 Å². The van der Waals surface area contributed by atoms with E-state index in [2.05, 4.69) is 6.08 Å². The van der Waals surface area contributed by atoms with E-state index < -0.39 is 17.7 Å². The van der Waals surface area contributed by atoms with Crippen LogP contribution in [0.4, 0.5) is 0 Å². The van der Waals surface area contributed by atoms with Crippen LogP contribution < -0.4 is 4.74 Å². The van der Waals surface area contributed by atoms with Gasteiger partial charge in [0.1, 0.15) is 17.1 Å². The molecule has 2 atom stereocenters. The van der Waals surface area contributed by atoms with Gasteiger partial charge in [0.05, 0.1) is 18.2 Å². The number of aliphatic hydroxyl groups excluding tert-OH is 2. The number of allylic oxidation sites excluding steroid dienone is 2. The first-order valence-electron chi connectivity index (χ1n) is 11.7. The predicted octanol–water partition coefficient (Wildman–Crippen LogP) is 3.16.